The van der Waals surface area contributed by atoms with E-state index in [9.17, 15) is 0 Å². The average Bonchev–Trinajstić information content (AvgIpc) is 1.97. The minimum Gasteiger partial charge on any atom is -0.372 e. The molecule has 0 atom stereocenters. The molecule has 1 fully saturated rings. The largest absolute Gasteiger partial charge is 0.372 e. The summed E-state index contributed by atoms with van der Waals surface area (Å²) >= 11 is 0. The van der Waals surface area contributed by atoms with Gasteiger partial charge in [-0.25, -0.2) is 0 Å². The van der Waals surface area contributed by atoms with Gasteiger partial charge < -0.3 is 11.5 Å². The summed E-state index contributed by atoms with van der Waals surface area (Å²) < 4.78 is 0. The Morgan fingerprint density at radius 2 is 1.64 bits per heavy atom. The van der Waals surface area contributed by atoms with Crippen LogP contribution in [0, 0.1) is 5.92 Å². The molecule has 4 N–H and O–H groups in total. The summed E-state index contributed by atoms with van der Waals surface area (Å²) in [6.07, 6.45) is 5.45. The van der Waals surface area contributed by atoms with Crippen LogP contribution in [0.15, 0.2) is 0 Å². The fourth-order valence-electron chi connectivity index (χ4n) is 1.29. The second kappa shape index (κ2) is 6.16. The van der Waals surface area contributed by atoms with E-state index in [1.165, 1.54) is 25.7 Å². The summed E-state index contributed by atoms with van der Waals surface area (Å²) in [7, 11) is 0. The van der Waals surface area contributed by atoms with Gasteiger partial charge >= 0.3 is 0 Å². The lowest BCUT2D eigenvalue weighted by Gasteiger charge is -2.22. The quantitative estimate of drug-likeness (QED) is 0.507. The molecule has 3 nitrogen and oxygen atoms in total. The lowest BCUT2D eigenvalue weighted by atomic mass is 9.88. The molecule has 0 spiro atoms. The van der Waals surface area contributed by atoms with E-state index in [1.54, 1.807) is 0 Å². The SMILES string of the molecule is CC1CCC(N)CC1.NC=O. The van der Waals surface area contributed by atoms with Gasteiger partial charge in [0.1, 0.15) is 0 Å². The standard InChI is InChI=1S/C7H15N.CH3NO/c1-6-2-4-7(8)5-3-6;2-1-3/h6-7H,2-5,8H2,1H3;1H,(H2,2,3). The van der Waals surface area contributed by atoms with Gasteiger partial charge in [0.15, 0.2) is 0 Å². The van der Waals surface area contributed by atoms with Crippen LogP contribution >= 0.6 is 0 Å². The highest BCUT2D eigenvalue weighted by atomic mass is 16.1. The van der Waals surface area contributed by atoms with Crippen LogP contribution < -0.4 is 11.5 Å². The Bertz CT molecular complexity index is 88.3. The molecule has 0 bridgehead atoms. The zero-order valence-corrected chi connectivity index (χ0v) is 7.12. The van der Waals surface area contributed by atoms with Crippen LogP contribution in [0.2, 0.25) is 0 Å². The summed E-state index contributed by atoms with van der Waals surface area (Å²) in [5, 5.41) is 0. The van der Waals surface area contributed by atoms with Gasteiger partial charge in [-0.1, -0.05) is 6.92 Å². The number of hydrogen-bond donors (Lipinski definition) is 2. The Labute approximate surface area is 68.1 Å². The van der Waals surface area contributed by atoms with E-state index in [1.807, 2.05) is 0 Å². The summed E-state index contributed by atoms with van der Waals surface area (Å²) in [6, 6.07) is 0.520. The first-order valence-corrected chi connectivity index (χ1v) is 4.11. The summed E-state index contributed by atoms with van der Waals surface area (Å²) in [6.45, 7) is 2.31. The predicted molar refractivity (Wildman–Crippen MR) is 45.9 cm³/mol. The van der Waals surface area contributed by atoms with Gasteiger partial charge in [-0.15, -0.1) is 0 Å². The number of amides is 1. The molecule has 3 heteroatoms. The summed E-state index contributed by atoms with van der Waals surface area (Å²) in [4.78, 5) is 8.58. The van der Waals surface area contributed by atoms with Gasteiger partial charge in [0, 0.05) is 6.04 Å². The molecule has 0 saturated heterocycles. The van der Waals surface area contributed by atoms with Crippen molar-refractivity contribution in [3.8, 4) is 0 Å². The molecule has 1 amide bonds. The van der Waals surface area contributed by atoms with Gasteiger partial charge in [-0.2, -0.15) is 0 Å². The van der Waals surface area contributed by atoms with Crippen molar-refractivity contribution in [3.63, 3.8) is 0 Å². The van der Waals surface area contributed by atoms with E-state index in [-0.39, 0.29) is 6.41 Å². The Balaban J connectivity index is 0.000000292. The van der Waals surface area contributed by atoms with Gasteiger partial charge in [0.05, 0.1) is 0 Å². The smallest absolute Gasteiger partial charge is 0.204 e. The fourth-order valence-corrected chi connectivity index (χ4v) is 1.29. The third-order valence-corrected chi connectivity index (χ3v) is 2.06. The molecule has 0 radical (unpaired) electrons. The van der Waals surface area contributed by atoms with E-state index in [4.69, 9.17) is 10.5 Å². The lowest BCUT2D eigenvalue weighted by molar-refractivity contribution is -0.106. The monoisotopic (exact) mass is 158 g/mol. The lowest BCUT2D eigenvalue weighted by Crippen LogP contribution is -2.25. The van der Waals surface area contributed by atoms with Gasteiger partial charge in [-0.05, 0) is 31.6 Å². The van der Waals surface area contributed by atoms with Crippen molar-refractivity contribution in [3.05, 3.63) is 0 Å². The molecule has 66 valence electrons. The van der Waals surface area contributed by atoms with Crippen LogP contribution in [0.25, 0.3) is 0 Å². The highest BCUT2D eigenvalue weighted by molar-refractivity contribution is 5.42. The zero-order valence-electron chi connectivity index (χ0n) is 7.12. The molecule has 0 heterocycles. The first-order chi connectivity index (χ1) is 5.20. The molecular weight excluding hydrogens is 140 g/mol. The number of carbonyl (C=O) groups excluding carboxylic acids is 1. The maximum absolute atomic E-state index is 8.58. The van der Waals surface area contributed by atoms with E-state index >= 15 is 0 Å². The normalized spacial score (nSPS) is 30.0. The molecule has 1 rings (SSSR count). The van der Waals surface area contributed by atoms with Crippen molar-refractivity contribution in [2.75, 3.05) is 0 Å². The molecule has 1 aliphatic carbocycles. The Morgan fingerprint density at radius 1 is 1.27 bits per heavy atom. The molecule has 1 aliphatic rings. The highest BCUT2D eigenvalue weighted by Crippen LogP contribution is 2.21. The molecule has 0 aromatic heterocycles. The molecule has 0 aromatic carbocycles. The number of carbonyl (C=O) groups is 1. The summed E-state index contributed by atoms with van der Waals surface area (Å²) in [5.41, 5.74) is 9.86. The summed E-state index contributed by atoms with van der Waals surface area (Å²) in [5.74, 6) is 0.940. The van der Waals surface area contributed by atoms with Crippen LogP contribution in [0.1, 0.15) is 32.6 Å². The van der Waals surface area contributed by atoms with Crippen molar-refractivity contribution in [1.29, 1.82) is 0 Å². The first kappa shape index (κ1) is 10.4. The van der Waals surface area contributed by atoms with E-state index in [0.717, 1.165) is 5.92 Å². The van der Waals surface area contributed by atoms with Gasteiger partial charge in [-0.3, -0.25) is 4.79 Å². The minimum atomic E-state index is 0.250. The predicted octanol–water partition coefficient (Wildman–Crippen LogP) is 0.625. The van der Waals surface area contributed by atoms with Crippen LogP contribution in [0.3, 0.4) is 0 Å². The molecule has 0 unspecified atom stereocenters. The topological polar surface area (TPSA) is 69.1 Å². The van der Waals surface area contributed by atoms with Crippen molar-refractivity contribution < 1.29 is 4.79 Å². The maximum atomic E-state index is 8.58. The van der Waals surface area contributed by atoms with E-state index in [2.05, 4.69) is 12.7 Å². The number of nitrogens with two attached hydrogens (primary N) is 2. The Morgan fingerprint density at radius 3 is 1.91 bits per heavy atom. The average molecular weight is 158 g/mol. The Hall–Kier alpha value is -0.570. The van der Waals surface area contributed by atoms with Crippen LogP contribution in [0.5, 0.6) is 0 Å². The van der Waals surface area contributed by atoms with Crippen molar-refractivity contribution in [1.82, 2.24) is 0 Å². The van der Waals surface area contributed by atoms with Gasteiger partial charge in [0.2, 0.25) is 6.41 Å². The van der Waals surface area contributed by atoms with Crippen molar-refractivity contribution in [2.24, 2.45) is 17.4 Å². The van der Waals surface area contributed by atoms with E-state index < -0.39 is 0 Å². The van der Waals surface area contributed by atoms with Crippen LogP contribution in [-0.2, 0) is 4.79 Å². The van der Waals surface area contributed by atoms with Crippen molar-refractivity contribution in [2.45, 2.75) is 38.6 Å². The maximum Gasteiger partial charge on any atom is 0.204 e. The van der Waals surface area contributed by atoms with E-state index in [0.29, 0.717) is 6.04 Å². The third kappa shape index (κ3) is 5.85. The second-order valence-corrected chi connectivity index (χ2v) is 3.16. The highest BCUT2D eigenvalue weighted by Gasteiger charge is 2.13. The second-order valence-electron chi connectivity index (χ2n) is 3.16. The molecule has 0 aliphatic heterocycles. The molecule has 1 saturated carbocycles. The third-order valence-electron chi connectivity index (χ3n) is 2.06. The first-order valence-electron chi connectivity index (χ1n) is 4.11. The van der Waals surface area contributed by atoms with Crippen LogP contribution in [0.4, 0.5) is 0 Å². The fraction of sp³-hybridized carbons (Fsp3) is 0.875. The minimum absolute atomic E-state index is 0.250. The molecule has 0 aromatic rings. The Kier molecular flexibility index (Phi) is 5.84. The number of hydrogen-bond acceptors (Lipinski definition) is 2. The number of primary amides is 1. The molecular formula is C8H18N2O. The zero-order chi connectivity index (χ0) is 8.69. The number of rotatable bonds is 0. The van der Waals surface area contributed by atoms with Crippen LogP contribution in [-0.4, -0.2) is 12.5 Å². The van der Waals surface area contributed by atoms with Gasteiger partial charge in [0.25, 0.3) is 0 Å². The molecule has 11 heavy (non-hydrogen) atoms. The van der Waals surface area contributed by atoms with Crippen molar-refractivity contribution >= 4 is 6.41 Å².